The number of nitrogens with zero attached hydrogens (tertiary/aromatic N) is 2. The maximum absolute atomic E-state index is 9.00. The van der Waals surface area contributed by atoms with Crippen LogP contribution in [-0.2, 0) is 6.54 Å². The van der Waals surface area contributed by atoms with Gasteiger partial charge in [-0.3, -0.25) is 4.90 Å². The van der Waals surface area contributed by atoms with Gasteiger partial charge < -0.3 is 5.32 Å². The zero-order valence-corrected chi connectivity index (χ0v) is 8.61. The first-order valence-corrected chi connectivity index (χ1v) is 5.19. The molecular weight excluding hydrogens is 186 g/mol. The van der Waals surface area contributed by atoms with E-state index in [1.807, 2.05) is 12.1 Å². The van der Waals surface area contributed by atoms with Crippen molar-refractivity contribution in [3.05, 3.63) is 35.9 Å². The van der Waals surface area contributed by atoms with Crippen molar-refractivity contribution < 1.29 is 0 Å². The summed E-state index contributed by atoms with van der Waals surface area (Å²) in [6.07, 6.45) is 0. The zero-order chi connectivity index (χ0) is 10.5. The second-order valence-electron chi connectivity index (χ2n) is 3.73. The third-order valence-electron chi connectivity index (χ3n) is 2.68. The minimum atomic E-state index is 0.00272. The Kier molecular flexibility index (Phi) is 3.33. The third-order valence-corrected chi connectivity index (χ3v) is 2.68. The first-order valence-electron chi connectivity index (χ1n) is 5.19. The number of nitrogens with one attached hydrogen (secondary N) is 1. The van der Waals surface area contributed by atoms with E-state index in [1.165, 1.54) is 5.56 Å². The molecule has 1 aromatic carbocycles. The van der Waals surface area contributed by atoms with Gasteiger partial charge in [-0.15, -0.1) is 0 Å². The fourth-order valence-corrected chi connectivity index (χ4v) is 1.82. The molecule has 3 nitrogen and oxygen atoms in total. The Bertz CT molecular complexity index is 342. The van der Waals surface area contributed by atoms with E-state index in [4.69, 9.17) is 5.26 Å². The number of hydrogen-bond donors (Lipinski definition) is 1. The van der Waals surface area contributed by atoms with Gasteiger partial charge >= 0.3 is 0 Å². The summed E-state index contributed by atoms with van der Waals surface area (Å²) in [5, 5.41) is 12.2. The van der Waals surface area contributed by atoms with Crippen molar-refractivity contribution in [2.75, 3.05) is 19.6 Å². The van der Waals surface area contributed by atoms with E-state index in [0.717, 1.165) is 26.2 Å². The van der Waals surface area contributed by atoms with Gasteiger partial charge in [-0.2, -0.15) is 5.26 Å². The average molecular weight is 200 g/mol. The number of piperazine rings is 1. The SMILES string of the molecule is N#CC1CNCCN1Cc1cc[c]cc1. The van der Waals surface area contributed by atoms with Crippen molar-refractivity contribution in [2.45, 2.75) is 12.6 Å². The molecule has 1 aromatic rings. The Morgan fingerprint density at radius 2 is 2.33 bits per heavy atom. The van der Waals surface area contributed by atoms with Crippen LogP contribution in [0.25, 0.3) is 0 Å². The summed E-state index contributed by atoms with van der Waals surface area (Å²) in [5.41, 5.74) is 1.25. The van der Waals surface area contributed by atoms with E-state index in [0.29, 0.717) is 0 Å². The molecule has 1 unspecified atom stereocenters. The van der Waals surface area contributed by atoms with Crippen molar-refractivity contribution in [3.63, 3.8) is 0 Å². The lowest BCUT2D eigenvalue weighted by molar-refractivity contribution is 0.189. The van der Waals surface area contributed by atoms with Gasteiger partial charge in [0.1, 0.15) is 6.04 Å². The van der Waals surface area contributed by atoms with E-state index in [1.54, 1.807) is 0 Å². The van der Waals surface area contributed by atoms with Crippen molar-refractivity contribution in [1.82, 2.24) is 10.2 Å². The maximum atomic E-state index is 9.00. The molecule has 1 aliphatic rings. The Hall–Kier alpha value is -1.37. The van der Waals surface area contributed by atoms with Crippen LogP contribution >= 0.6 is 0 Å². The van der Waals surface area contributed by atoms with Crippen molar-refractivity contribution in [1.29, 1.82) is 5.26 Å². The maximum Gasteiger partial charge on any atom is 0.111 e. The first kappa shape index (κ1) is 10.2. The highest BCUT2D eigenvalue weighted by atomic mass is 15.2. The molecule has 3 heteroatoms. The minimum Gasteiger partial charge on any atom is -0.313 e. The molecule has 0 spiro atoms. The lowest BCUT2D eigenvalue weighted by Gasteiger charge is -2.31. The Balaban J connectivity index is 2.01. The second-order valence-corrected chi connectivity index (χ2v) is 3.73. The van der Waals surface area contributed by atoms with Crippen LogP contribution in [0.15, 0.2) is 24.3 Å². The molecule has 1 radical (unpaired) electrons. The van der Waals surface area contributed by atoms with E-state index in [-0.39, 0.29) is 6.04 Å². The Labute approximate surface area is 90.3 Å². The molecule has 0 saturated carbocycles. The normalized spacial score (nSPS) is 22.2. The van der Waals surface area contributed by atoms with Crippen LogP contribution in [0.1, 0.15) is 5.56 Å². The standard InChI is InChI=1S/C12H14N3/c13-8-12-9-14-6-7-15(12)10-11-4-2-1-3-5-11/h2-5,12,14H,6-7,9-10H2. The van der Waals surface area contributed by atoms with Gasteiger partial charge in [0.05, 0.1) is 6.07 Å². The molecule has 1 saturated heterocycles. The van der Waals surface area contributed by atoms with E-state index >= 15 is 0 Å². The van der Waals surface area contributed by atoms with Crippen LogP contribution in [0.3, 0.4) is 0 Å². The van der Waals surface area contributed by atoms with Gasteiger partial charge in [-0.1, -0.05) is 24.3 Å². The summed E-state index contributed by atoms with van der Waals surface area (Å²) < 4.78 is 0. The topological polar surface area (TPSA) is 39.1 Å². The van der Waals surface area contributed by atoms with E-state index in [9.17, 15) is 0 Å². The summed E-state index contributed by atoms with van der Waals surface area (Å²) in [4.78, 5) is 2.21. The van der Waals surface area contributed by atoms with Crippen molar-refractivity contribution in [2.24, 2.45) is 0 Å². The van der Waals surface area contributed by atoms with Gasteiger partial charge in [0.25, 0.3) is 0 Å². The number of nitriles is 1. The summed E-state index contributed by atoms with van der Waals surface area (Å²) in [6.45, 7) is 3.54. The predicted octanol–water partition coefficient (Wildman–Crippen LogP) is 0.784. The molecule has 1 N–H and O–H groups in total. The van der Waals surface area contributed by atoms with Crippen molar-refractivity contribution in [3.8, 4) is 6.07 Å². The first-order chi connectivity index (χ1) is 7.40. The highest BCUT2D eigenvalue weighted by molar-refractivity contribution is 5.14. The summed E-state index contributed by atoms with van der Waals surface area (Å²) >= 11 is 0. The fourth-order valence-electron chi connectivity index (χ4n) is 1.82. The third kappa shape index (κ3) is 2.56. The van der Waals surface area contributed by atoms with Gasteiger partial charge in [-0.05, 0) is 11.6 Å². The molecule has 0 amide bonds. The molecule has 1 aliphatic heterocycles. The highest BCUT2D eigenvalue weighted by Crippen LogP contribution is 2.09. The van der Waals surface area contributed by atoms with Crippen LogP contribution < -0.4 is 5.32 Å². The molecule has 15 heavy (non-hydrogen) atoms. The van der Waals surface area contributed by atoms with Crippen molar-refractivity contribution >= 4 is 0 Å². The lowest BCUT2D eigenvalue weighted by Crippen LogP contribution is -2.49. The average Bonchev–Trinajstić information content (AvgIpc) is 2.31. The monoisotopic (exact) mass is 200 g/mol. The van der Waals surface area contributed by atoms with Crippen LogP contribution in [0, 0.1) is 17.4 Å². The van der Waals surface area contributed by atoms with Gasteiger partial charge in [0.2, 0.25) is 0 Å². The Morgan fingerprint density at radius 1 is 1.53 bits per heavy atom. The Morgan fingerprint density at radius 3 is 3.07 bits per heavy atom. The second kappa shape index (κ2) is 4.92. The zero-order valence-electron chi connectivity index (χ0n) is 8.61. The molecule has 0 aliphatic carbocycles. The molecule has 0 aromatic heterocycles. The van der Waals surface area contributed by atoms with Crippen LogP contribution in [0.2, 0.25) is 0 Å². The lowest BCUT2D eigenvalue weighted by atomic mass is 10.1. The molecule has 2 rings (SSSR count). The quantitative estimate of drug-likeness (QED) is 0.767. The summed E-state index contributed by atoms with van der Waals surface area (Å²) in [5.74, 6) is 0. The molecule has 77 valence electrons. The molecule has 1 heterocycles. The largest absolute Gasteiger partial charge is 0.313 e. The minimum absolute atomic E-state index is 0.00272. The highest BCUT2D eigenvalue weighted by Gasteiger charge is 2.21. The van der Waals surface area contributed by atoms with Crippen LogP contribution in [0.4, 0.5) is 0 Å². The molecule has 1 atom stereocenters. The molecular formula is C12H14N3. The van der Waals surface area contributed by atoms with Gasteiger partial charge in [-0.25, -0.2) is 0 Å². The smallest absolute Gasteiger partial charge is 0.111 e. The number of rotatable bonds is 2. The van der Waals surface area contributed by atoms with Gasteiger partial charge in [0, 0.05) is 26.2 Å². The summed E-state index contributed by atoms with van der Waals surface area (Å²) in [6, 6.07) is 13.3. The van der Waals surface area contributed by atoms with E-state index < -0.39 is 0 Å². The van der Waals surface area contributed by atoms with Crippen LogP contribution in [-0.4, -0.2) is 30.6 Å². The molecule has 1 fully saturated rings. The number of hydrogen-bond acceptors (Lipinski definition) is 3. The fraction of sp³-hybridized carbons (Fsp3) is 0.417. The number of benzene rings is 1. The van der Waals surface area contributed by atoms with Gasteiger partial charge in [0.15, 0.2) is 0 Å². The van der Waals surface area contributed by atoms with Crippen LogP contribution in [0.5, 0.6) is 0 Å². The predicted molar refractivity (Wildman–Crippen MR) is 58.0 cm³/mol. The molecule has 0 bridgehead atoms. The summed E-state index contributed by atoms with van der Waals surface area (Å²) in [7, 11) is 0. The van der Waals surface area contributed by atoms with E-state index in [2.05, 4.69) is 34.5 Å².